The largest absolute Gasteiger partial charge is 0.378 e. The molecule has 0 aliphatic carbocycles. The van der Waals surface area contributed by atoms with Gasteiger partial charge in [-0.2, -0.15) is 0 Å². The number of morpholine rings is 1. The summed E-state index contributed by atoms with van der Waals surface area (Å²) < 4.78 is 11.2. The molecule has 2 saturated heterocycles. The molecule has 3 heteroatoms. The van der Waals surface area contributed by atoms with Crippen LogP contribution in [0.15, 0.2) is 0 Å². The molecule has 0 radical (unpaired) electrons. The fourth-order valence-electron chi connectivity index (χ4n) is 2.06. The highest BCUT2D eigenvalue weighted by molar-refractivity contribution is 5.01. The summed E-state index contributed by atoms with van der Waals surface area (Å²) in [5.41, 5.74) is 0.239. The van der Waals surface area contributed by atoms with Crippen molar-refractivity contribution in [1.29, 1.82) is 0 Å². The normalized spacial score (nSPS) is 34.4. The van der Waals surface area contributed by atoms with Gasteiger partial charge >= 0.3 is 0 Å². The molecule has 0 bridgehead atoms. The maximum atomic E-state index is 5.68. The summed E-state index contributed by atoms with van der Waals surface area (Å²) in [4.78, 5) is 2.50. The van der Waals surface area contributed by atoms with Gasteiger partial charge in [-0.3, -0.25) is 4.90 Å². The first kappa shape index (κ1) is 9.44. The smallest absolute Gasteiger partial charge is 0.0691 e. The van der Waals surface area contributed by atoms with Crippen molar-refractivity contribution in [2.75, 3.05) is 32.9 Å². The SMILES string of the molecule is CC(C)OC[C@]12CCN1CCOC2. The van der Waals surface area contributed by atoms with Crippen LogP contribution in [0.3, 0.4) is 0 Å². The molecule has 0 aromatic carbocycles. The van der Waals surface area contributed by atoms with E-state index >= 15 is 0 Å². The Hall–Kier alpha value is -0.120. The van der Waals surface area contributed by atoms with Crippen molar-refractivity contribution in [2.45, 2.75) is 31.9 Å². The molecule has 2 aliphatic heterocycles. The lowest BCUT2D eigenvalue weighted by Crippen LogP contribution is -2.68. The maximum Gasteiger partial charge on any atom is 0.0691 e. The third-order valence-corrected chi connectivity index (χ3v) is 3.08. The first-order valence-electron chi connectivity index (χ1n) is 5.17. The van der Waals surface area contributed by atoms with E-state index in [1.165, 1.54) is 13.0 Å². The minimum absolute atomic E-state index is 0.239. The van der Waals surface area contributed by atoms with E-state index in [-0.39, 0.29) is 5.54 Å². The van der Waals surface area contributed by atoms with Crippen molar-refractivity contribution in [2.24, 2.45) is 0 Å². The summed E-state index contributed by atoms with van der Waals surface area (Å²) in [6.07, 6.45) is 1.57. The van der Waals surface area contributed by atoms with Crippen LogP contribution in [0.5, 0.6) is 0 Å². The highest BCUT2D eigenvalue weighted by atomic mass is 16.5. The van der Waals surface area contributed by atoms with E-state index in [0.717, 1.165) is 26.4 Å². The van der Waals surface area contributed by atoms with Crippen molar-refractivity contribution in [3.63, 3.8) is 0 Å². The molecule has 0 aromatic rings. The van der Waals surface area contributed by atoms with Crippen LogP contribution in [0.2, 0.25) is 0 Å². The van der Waals surface area contributed by atoms with Gasteiger partial charge in [-0.25, -0.2) is 0 Å². The Kier molecular flexibility index (Phi) is 2.58. The molecular formula is C10H19NO2. The van der Waals surface area contributed by atoms with Crippen LogP contribution in [-0.4, -0.2) is 49.5 Å². The van der Waals surface area contributed by atoms with Gasteiger partial charge in [0, 0.05) is 13.1 Å². The van der Waals surface area contributed by atoms with Crippen LogP contribution in [0, 0.1) is 0 Å². The fraction of sp³-hybridized carbons (Fsp3) is 1.00. The second kappa shape index (κ2) is 3.56. The second-order valence-corrected chi connectivity index (χ2v) is 4.37. The average Bonchev–Trinajstić information content (AvgIpc) is 2.06. The standard InChI is InChI=1S/C10H19NO2/c1-9(2)13-8-10-3-4-11(10)5-6-12-7-10/h9H,3-8H2,1-2H3/t10-/m1/s1. The van der Waals surface area contributed by atoms with E-state index in [1.807, 2.05) is 0 Å². The molecule has 0 amide bonds. The minimum Gasteiger partial charge on any atom is -0.378 e. The predicted octanol–water partition coefficient (Wildman–Crippen LogP) is 0.886. The summed E-state index contributed by atoms with van der Waals surface area (Å²) in [5, 5.41) is 0. The molecule has 0 aromatic heterocycles. The molecule has 76 valence electrons. The number of hydrogen-bond donors (Lipinski definition) is 0. The second-order valence-electron chi connectivity index (χ2n) is 4.37. The lowest BCUT2D eigenvalue weighted by atomic mass is 9.85. The van der Waals surface area contributed by atoms with Crippen molar-refractivity contribution < 1.29 is 9.47 Å². The highest BCUT2D eigenvalue weighted by Crippen LogP contribution is 2.33. The van der Waals surface area contributed by atoms with Crippen molar-refractivity contribution in [3.8, 4) is 0 Å². The monoisotopic (exact) mass is 185 g/mol. The van der Waals surface area contributed by atoms with E-state index in [9.17, 15) is 0 Å². The molecule has 0 N–H and O–H groups in total. The third kappa shape index (κ3) is 1.73. The van der Waals surface area contributed by atoms with Crippen LogP contribution in [0.4, 0.5) is 0 Å². The van der Waals surface area contributed by atoms with Gasteiger partial charge in [0.05, 0.1) is 31.5 Å². The summed E-state index contributed by atoms with van der Waals surface area (Å²) in [7, 11) is 0. The first-order valence-corrected chi connectivity index (χ1v) is 5.17. The van der Waals surface area contributed by atoms with Crippen LogP contribution in [0.25, 0.3) is 0 Å². The molecule has 0 spiro atoms. The topological polar surface area (TPSA) is 21.7 Å². The minimum atomic E-state index is 0.239. The van der Waals surface area contributed by atoms with E-state index in [0.29, 0.717) is 6.10 Å². The van der Waals surface area contributed by atoms with E-state index in [1.54, 1.807) is 0 Å². The molecule has 13 heavy (non-hydrogen) atoms. The Bertz CT molecular complexity index is 184. The van der Waals surface area contributed by atoms with Crippen molar-refractivity contribution in [1.82, 2.24) is 4.90 Å². The van der Waals surface area contributed by atoms with Crippen LogP contribution < -0.4 is 0 Å². The maximum absolute atomic E-state index is 5.68. The summed E-state index contributed by atoms with van der Waals surface area (Å²) in [6, 6.07) is 0. The van der Waals surface area contributed by atoms with Gasteiger partial charge in [0.15, 0.2) is 0 Å². The van der Waals surface area contributed by atoms with Gasteiger partial charge in [-0.15, -0.1) is 0 Å². The zero-order valence-electron chi connectivity index (χ0n) is 8.58. The fourth-order valence-corrected chi connectivity index (χ4v) is 2.06. The van der Waals surface area contributed by atoms with Gasteiger partial charge in [0.25, 0.3) is 0 Å². The van der Waals surface area contributed by atoms with Gasteiger partial charge in [0.1, 0.15) is 0 Å². The number of nitrogens with zero attached hydrogens (tertiary/aromatic N) is 1. The first-order chi connectivity index (χ1) is 6.23. The molecular weight excluding hydrogens is 166 g/mol. The predicted molar refractivity (Wildman–Crippen MR) is 50.8 cm³/mol. The van der Waals surface area contributed by atoms with Gasteiger partial charge in [0.2, 0.25) is 0 Å². The van der Waals surface area contributed by atoms with Crippen LogP contribution in [-0.2, 0) is 9.47 Å². The third-order valence-electron chi connectivity index (χ3n) is 3.08. The van der Waals surface area contributed by atoms with Crippen LogP contribution in [0.1, 0.15) is 20.3 Å². The highest BCUT2D eigenvalue weighted by Gasteiger charge is 2.47. The Morgan fingerprint density at radius 3 is 2.85 bits per heavy atom. The molecule has 2 fully saturated rings. The lowest BCUT2D eigenvalue weighted by Gasteiger charge is -2.55. The number of ether oxygens (including phenoxy) is 2. The summed E-state index contributed by atoms with van der Waals surface area (Å²) in [5.74, 6) is 0. The van der Waals surface area contributed by atoms with Crippen molar-refractivity contribution >= 4 is 0 Å². The van der Waals surface area contributed by atoms with Crippen LogP contribution >= 0.6 is 0 Å². The summed E-state index contributed by atoms with van der Waals surface area (Å²) in [6.45, 7) is 9.08. The molecule has 0 saturated carbocycles. The number of hydrogen-bond acceptors (Lipinski definition) is 3. The van der Waals surface area contributed by atoms with E-state index in [4.69, 9.17) is 9.47 Å². The van der Waals surface area contributed by atoms with E-state index in [2.05, 4.69) is 18.7 Å². The Labute approximate surface area is 80.0 Å². The Morgan fingerprint density at radius 1 is 1.46 bits per heavy atom. The zero-order chi connectivity index (χ0) is 9.31. The molecule has 3 nitrogen and oxygen atoms in total. The molecule has 1 atom stereocenters. The number of fused-ring (bicyclic) bond motifs is 1. The molecule has 2 rings (SSSR count). The van der Waals surface area contributed by atoms with Crippen molar-refractivity contribution in [3.05, 3.63) is 0 Å². The molecule has 2 aliphatic rings. The van der Waals surface area contributed by atoms with Gasteiger partial charge < -0.3 is 9.47 Å². The number of rotatable bonds is 3. The van der Waals surface area contributed by atoms with Gasteiger partial charge in [-0.05, 0) is 20.3 Å². The zero-order valence-corrected chi connectivity index (χ0v) is 8.58. The molecule has 2 heterocycles. The van der Waals surface area contributed by atoms with E-state index < -0.39 is 0 Å². The average molecular weight is 185 g/mol. The quantitative estimate of drug-likeness (QED) is 0.651. The molecule has 0 unspecified atom stereocenters. The Morgan fingerprint density at radius 2 is 2.31 bits per heavy atom. The van der Waals surface area contributed by atoms with Gasteiger partial charge in [-0.1, -0.05) is 0 Å². The Balaban J connectivity index is 1.87. The lowest BCUT2D eigenvalue weighted by molar-refractivity contribution is -0.163. The summed E-state index contributed by atoms with van der Waals surface area (Å²) >= 11 is 0.